The molecule has 31 heavy (non-hydrogen) atoms. The highest BCUT2D eigenvalue weighted by Gasteiger charge is 2.23. The van der Waals surface area contributed by atoms with Gasteiger partial charge in [0.25, 0.3) is 15.9 Å². The van der Waals surface area contributed by atoms with Crippen molar-refractivity contribution in [3.63, 3.8) is 0 Å². The number of carbonyl (C=O) groups excluding carboxylic acids is 2. The lowest BCUT2D eigenvalue weighted by Crippen LogP contribution is -2.19. The summed E-state index contributed by atoms with van der Waals surface area (Å²) in [7, 11) is -2.50. The molecular formula is C22H19N3O5S. The number of hydrogen-bond donors (Lipinski definition) is 3. The molecule has 0 saturated heterocycles. The molecule has 1 aliphatic rings. The molecular weight excluding hydrogens is 418 g/mol. The van der Waals surface area contributed by atoms with Gasteiger partial charge in [-0.05, 0) is 48.0 Å². The van der Waals surface area contributed by atoms with Gasteiger partial charge in [0, 0.05) is 5.69 Å². The second-order valence-electron chi connectivity index (χ2n) is 6.85. The van der Waals surface area contributed by atoms with E-state index >= 15 is 0 Å². The lowest BCUT2D eigenvalue weighted by molar-refractivity contribution is -0.115. The summed E-state index contributed by atoms with van der Waals surface area (Å²) in [5.74, 6) is -0.197. The second-order valence-corrected chi connectivity index (χ2v) is 8.53. The smallest absolute Gasteiger partial charge is 0.261 e. The predicted molar refractivity (Wildman–Crippen MR) is 117 cm³/mol. The highest BCUT2D eigenvalue weighted by atomic mass is 32.2. The lowest BCUT2D eigenvalue weighted by atomic mass is 10.1. The van der Waals surface area contributed by atoms with Crippen molar-refractivity contribution in [1.82, 2.24) is 0 Å². The standard InChI is InChI=1S/C22H19N3O5S/c1-30-20-9-5-4-8-19(20)24-22(27)16-6-2-3-7-18(16)25-31(28,29)15-10-11-17-14(12-15)13-21(26)23-17/h2-12,25H,13H2,1H3,(H,23,26)(H,24,27). The number of sulfonamides is 1. The molecule has 9 heteroatoms. The van der Waals surface area contributed by atoms with Gasteiger partial charge in [-0.2, -0.15) is 0 Å². The molecule has 0 bridgehead atoms. The fraction of sp³-hybridized carbons (Fsp3) is 0.0909. The summed E-state index contributed by atoms with van der Waals surface area (Å²) in [5, 5.41) is 5.40. The molecule has 0 aromatic heterocycles. The van der Waals surface area contributed by atoms with Crippen LogP contribution in [0.2, 0.25) is 0 Å². The molecule has 0 unspecified atom stereocenters. The van der Waals surface area contributed by atoms with Crippen LogP contribution in [0.4, 0.5) is 17.1 Å². The first-order valence-corrected chi connectivity index (χ1v) is 10.8. The molecule has 3 aromatic rings. The maximum absolute atomic E-state index is 12.9. The van der Waals surface area contributed by atoms with Gasteiger partial charge in [-0.15, -0.1) is 0 Å². The highest BCUT2D eigenvalue weighted by Crippen LogP contribution is 2.28. The Morgan fingerprint density at radius 3 is 2.48 bits per heavy atom. The summed E-state index contributed by atoms with van der Waals surface area (Å²) in [5.41, 5.74) is 1.94. The number of benzene rings is 3. The predicted octanol–water partition coefficient (Wildman–Crippen LogP) is 3.24. The van der Waals surface area contributed by atoms with Gasteiger partial charge in [-0.3, -0.25) is 14.3 Å². The Kier molecular flexibility index (Phi) is 5.35. The van der Waals surface area contributed by atoms with Crippen LogP contribution in [-0.2, 0) is 21.2 Å². The van der Waals surface area contributed by atoms with Gasteiger partial charge in [0.2, 0.25) is 5.91 Å². The Hall–Kier alpha value is -3.85. The van der Waals surface area contributed by atoms with E-state index in [0.29, 0.717) is 22.7 Å². The van der Waals surface area contributed by atoms with Crippen molar-refractivity contribution >= 4 is 38.9 Å². The Bertz CT molecular complexity index is 1290. The molecule has 0 spiro atoms. The molecule has 0 atom stereocenters. The van der Waals surface area contributed by atoms with Crippen molar-refractivity contribution < 1.29 is 22.7 Å². The lowest BCUT2D eigenvalue weighted by Gasteiger charge is -2.14. The number of anilines is 3. The van der Waals surface area contributed by atoms with Crippen LogP contribution >= 0.6 is 0 Å². The minimum atomic E-state index is -3.99. The number of carbonyl (C=O) groups is 2. The van der Waals surface area contributed by atoms with Crippen LogP contribution in [-0.4, -0.2) is 27.3 Å². The van der Waals surface area contributed by atoms with Gasteiger partial charge in [0.15, 0.2) is 0 Å². The first-order chi connectivity index (χ1) is 14.9. The van der Waals surface area contributed by atoms with Crippen LogP contribution in [0.15, 0.2) is 71.6 Å². The normalized spacial score (nSPS) is 12.6. The molecule has 3 aromatic carbocycles. The van der Waals surface area contributed by atoms with E-state index in [0.717, 1.165) is 0 Å². The van der Waals surface area contributed by atoms with E-state index in [1.54, 1.807) is 42.5 Å². The molecule has 0 saturated carbocycles. The van der Waals surface area contributed by atoms with Crippen molar-refractivity contribution in [2.24, 2.45) is 0 Å². The van der Waals surface area contributed by atoms with Crippen LogP contribution in [0.1, 0.15) is 15.9 Å². The number of methoxy groups -OCH3 is 1. The SMILES string of the molecule is COc1ccccc1NC(=O)c1ccccc1NS(=O)(=O)c1ccc2c(c1)CC(=O)N2. The zero-order valence-corrected chi connectivity index (χ0v) is 17.3. The quantitative estimate of drug-likeness (QED) is 0.548. The number of para-hydroxylation sites is 3. The molecule has 0 radical (unpaired) electrons. The summed E-state index contributed by atoms with van der Waals surface area (Å²) < 4.78 is 33.6. The fourth-order valence-corrected chi connectivity index (χ4v) is 4.41. The molecule has 8 nitrogen and oxygen atoms in total. The van der Waals surface area contributed by atoms with Crippen LogP contribution in [0.3, 0.4) is 0 Å². The Morgan fingerprint density at radius 1 is 1.00 bits per heavy atom. The van der Waals surface area contributed by atoms with Crippen LogP contribution in [0.5, 0.6) is 5.75 Å². The molecule has 4 rings (SSSR count). The first kappa shape index (κ1) is 20.4. The van der Waals surface area contributed by atoms with Crippen LogP contribution in [0.25, 0.3) is 0 Å². The number of hydrogen-bond acceptors (Lipinski definition) is 5. The third-order valence-corrected chi connectivity index (χ3v) is 6.15. The third-order valence-electron chi connectivity index (χ3n) is 4.78. The topological polar surface area (TPSA) is 114 Å². The summed E-state index contributed by atoms with van der Waals surface area (Å²) >= 11 is 0. The monoisotopic (exact) mass is 437 g/mol. The molecule has 158 valence electrons. The number of fused-ring (bicyclic) bond motifs is 1. The average molecular weight is 437 g/mol. The minimum Gasteiger partial charge on any atom is -0.495 e. The van der Waals surface area contributed by atoms with Gasteiger partial charge in [0.1, 0.15) is 5.75 Å². The third kappa shape index (κ3) is 4.22. The zero-order valence-electron chi connectivity index (χ0n) is 16.5. The summed E-state index contributed by atoms with van der Waals surface area (Å²) in [6.45, 7) is 0. The van der Waals surface area contributed by atoms with Crippen molar-refractivity contribution in [3.8, 4) is 5.75 Å². The maximum atomic E-state index is 12.9. The zero-order chi connectivity index (χ0) is 22.0. The average Bonchev–Trinajstić information content (AvgIpc) is 3.13. The van der Waals surface area contributed by atoms with E-state index in [4.69, 9.17) is 4.74 Å². The molecule has 0 fully saturated rings. The molecule has 0 aliphatic carbocycles. The number of ether oxygens (including phenoxy) is 1. The van der Waals surface area contributed by atoms with Gasteiger partial charge in [-0.25, -0.2) is 8.42 Å². The van der Waals surface area contributed by atoms with Gasteiger partial charge < -0.3 is 15.4 Å². The largest absolute Gasteiger partial charge is 0.495 e. The van der Waals surface area contributed by atoms with Gasteiger partial charge >= 0.3 is 0 Å². The van der Waals surface area contributed by atoms with E-state index < -0.39 is 15.9 Å². The second kappa shape index (κ2) is 8.11. The van der Waals surface area contributed by atoms with Crippen molar-refractivity contribution in [3.05, 3.63) is 77.9 Å². The van der Waals surface area contributed by atoms with Gasteiger partial charge in [0.05, 0.1) is 35.4 Å². The minimum absolute atomic E-state index is 0.00249. The first-order valence-electron chi connectivity index (χ1n) is 9.36. The van der Waals surface area contributed by atoms with E-state index in [1.165, 1.54) is 31.4 Å². The maximum Gasteiger partial charge on any atom is 0.261 e. The van der Waals surface area contributed by atoms with E-state index in [-0.39, 0.29) is 28.5 Å². The molecule has 2 amide bonds. The van der Waals surface area contributed by atoms with E-state index in [1.807, 2.05) is 0 Å². The van der Waals surface area contributed by atoms with Crippen LogP contribution in [0, 0.1) is 0 Å². The highest BCUT2D eigenvalue weighted by molar-refractivity contribution is 7.92. The van der Waals surface area contributed by atoms with E-state index in [2.05, 4.69) is 15.4 Å². The van der Waals surface area contributed by atoms with Crippen molar-refractivity contribution in [2.75, 3.05) is 22.5 Å². The fourth-order valence-electron chi connectivity index (χ4n) is 3.28. The molecule has 1 aliphatic heterocycles. The Balaban J connectivity index is 1.61. The summed E-state index contributed by atoms with van der Waals surface area (Å²) in [6.07, 6.45) is 0.122. The van der Waals surface area contributed by atoms with E-state index in [9.17, 15) is 18.0 Å². The van der Waals surface area contributed by atoms with Gasteiger partial charge in [-0.1, -0.05) is 24.3 Å². The summed E-state index contributed by atoms with van der Waals surface area (Å²) in [6, 6.07) is 17.6. The Morgan fingerprint density at radius 2 is 1.71 bits per heavy atom. The molecule has 1 heterocycles. The van der Waals surface area contributed by atoms with Crippen molar-refractivity contribution in [2.45, 2.75) is 11.3 Å². The number of nitrogens with one attached hydrogen (secondary N) is 3. The molecule has 3 N–H and O–H groups in total. The number of rotatable bonds is 6. The summed E-state index contributed by atoms with van der Waals surface area (Å²) in [4.78, 5) is 24.4. The number of amides is 2. The van der Waals surface area contributed by atoms with Crippen LogP contribution < -0.4 is 20.1 Å². The van der Waals surface area contributed by atoms with Crippen molar-refractivity contribution in [1.29, 1.82) is 0 Å². The Labute approximate surface area is 179 Å².